The molecule has 0 heterocycles. The predicted octanol–water partition coefficient (Wildman–Crippen LogP) is 4.07. The third-order valence-corrected chi connectivity index (χ3v) is 4.08. The summed E-state index contributed by atoms with van der Waals surface area (Å²) in [6.07, 6.45) is 0.287. The second-order valence-electron chi connectivity index (χ2n) is 4.27. The van der Waals surface area contributed by atoms with Crippen molar-refractivity contribution in [2.75, 3.05) is 7.05 Å². The lowest BCUT2D eigenvalue weighted by Gasteiger charge is -2.19. The quantitative estimate of drug-likeness (QED) is 0.797. The molecule has 1 unspecified atom stereocenters. The summed E-state index contributed by atoms with van der Waals surface area (Å²) in [5, 5.41) is 3.12. The third kappa shape index (κ3) is 3.30. The zero-order valence-corrected chi connectivity index (χ0v) is 12.6. The lowest BCUT2D eigenvalue weighted by atomic mass is 9.98. The third-order valence-electron chi connectivity index (χ3n) is 3.10. The highest BCUT2D eigenvalue weighted by molar-refractivity contribution is 14.1. The van der Waals surface area contributed by atoms with Crippen molar-refractivity contribution in [1.29, 1.82) is 0 Å². The van der Waals surface area contributed by atoms with E-state index in [4.69, 9.17) is 0 Å². The topological polar surface area (TPSA) is 12.0 Å². The number of nitrogens with one attached hydrogen (secondary N) is 1. The molecule has 4 heteroatoms. The van der Waals surface area contributed by atoms with Crippen LogP contribution in [0.5, 0.6) is 0 Å². The molecule has 0 amide bonds. The molecule has 0 radical (unpaired) electrons. The van der Waals surface area contributed by atoms with Gasteiger partial charge in [-0.2, -0.15) is 0 Å². The van der Waals surface area contributed by atoms with E-state index in [2.05, 4.69) is 27.9 Å². The molecule has 0 saturated heterocycles. The molecule has 1 nitrogen and oxygen atoms in total. The van der Waals surface area contributed by atoms with Gasteiger partial charge in [-0.3, -0.25) is 0 Å². The van der Waals surface area contributed by atoms with Gasteiger partial charge in [0.2, 0.25) is 0 Å². The van der Waals surface area contributed by atoms with Crippen LogP contribution in [-0.4, -0.2) is 7.05 Å². The maximum absolute atomic E-state index is 13.7. The summed E-state index contributed by atoms with van der Waals surface area (Å²) in [7, 11) is 1.80. The molecule has 0 fully saturated rings. The summed E-state index contributed by atoms with van der Waals surface area (Å²) < 4.78 is 28.5. The first-order valence-electron chi connectivity index (χ1n) is 5.98. The Morgan fingerprint density at radius 2 is 1.68 bits per heavy atom. The van der Waals surface area contributed by atoms with Gasteiger partial charge in [0, 0.05) is 15.2 Å². The molecular weight excluding hydrogens is 359 g/mol. The fourth-order valence-corrected chi connectivity index (χ4v) is 2.82. The number of halogens is 3. The lowest BCUT2D eigenvalue weighted by molar-refractivity contribution is 0.514. The maximum Gasteiger partial charge on any atom is 0.129 e. The predicted molar refractivity (Wildman–Crippen MR) is 81.0 cm³/mol. The smallest absolute Gasteiger partial charge is 0.129 e. The fourth-order valence-electron chi connectivity index (χ4n) is 2.06. The molecule has 100 valence electrons. The van der Waals surface area contributed by atoms with Crippen LogP contribution in [-0.2, 0) is 6.42 Å². The number of hydrogen-bond donors (Lipinski definition) is 1. The second kappa shape index (κ2) is 6.43. The highest BCUT2D eigenvalue weighted by Gasteiger charge is 2.17. The van der Waals surface area contributed by atoms with Crippen LogP contribution in [0.25, 0.3) is 0 Å². The Labute approximate surface area is 125 Å². The molecule has 19 heavy (non-hydrogen) atoms. The van der Waals surface area contributed by atoms with Crippen molar-refractivity contribution in [3.05, 3.63) is 68.8 Å². The van der Waals surface area contributed by atoms with Gasteiger partial charge in [-0.05, 0) is 59.8 Å². The van der Waals surface area contributed by atoms with E-state index in [1.165, 1.54) is 18.2 Å². The van der Waals surface area contributed by atoms with Crippen LogP contribution < -0.4 is 5.32 Å². The molecule has 0 aliphatic heterocycles. The van der Waals surface area contributed by atoms with Crippen molar-refractivity contribution in [3.63, 3.8) is 0 Å². The van der Waals surface area contributed by atoms with Gasteiger partial charge >= 0.3 is 0 Å². The van der Waals surface area contributed by atoms with E-state index in [0.29, 0.717) is 0 Å². The average molecular weight is 373 g/mol. The monoisotopic (exact) mass is 373 g/mol. The summed E-state index contributed by atoms with van der Waals surface area (Å²) in [6.45, 7) is 0. The number of rotatable bonds is 4. The van der Waals surface area contributed by atoms with Crippen LogP contribution in [0.4, 0.5) is 8.78 Å². The Kier molecular flexibility index (Phi) is 4.87. The number of hydrogen-bond acceptors (Lipinski definition) is 1. The Bertz CT molecular complexity index is 552. The van der Waals surface area contributed by atoms with E-state index in [1.54, 1.807) is 7.05 Å². The largest absolute Gasteiger partial charge is 0.313 e. The van der Waals surface area contributed by atoms with E-state index in [-0.39, 0.29) is 18.0 Å². The van der Waals surface area contributed by atoms with Crippen molar-refractivity contribution in [1.82, 2.24) is 5.32 Å². The van der Waals surface area contributed by atoms with Crippen LogP contribution in [0.3, 0.4) is 0 Å². The molecule has 0 aromatic heterocycles. The molecule has 2 aromatic carbocycles. The van der Waals surface area contributed by atoms with Gasteiger partial charge in [-0.25, -0.2) is 8.78 Å². The highest BCUT2D eigenvalue weighted by Crippen LogP contribution is 2.25. The normalized spacial score (nSPS) is 12.4. The Balaban J connectivity index is 2.32. The first kappa shape index (κ1) is 14.4. The minimum absolute atomic E-state index is 0.112. The van der Waals surface area contributed by atoms with Crippen LogP contribution in [0, 0.1) is 15.2 Å². The zero-order chi connectivity index (χ0) is 13.8. The molecule has 0 bridgehead atoms. The van der Waals surface area contributed by atoms with Crippen molar-refractivity contribution in [2.24, 2.45) is 0 Å². The van der Waals surface area contributed by atoms with E-state index < -0.39 is 11.6 Å². The minimum atomic E-state index is -0.494. The molecule has 1 atom stereocenters. The summed E-state index contributed by atoms with van der Waals surface area (Å²) >= 11 is 2.23. The van der Waals surface area contributed by atoms with Crippen molar-refractivity contribution in [3.8, 4) is 0 Å². The average Bonchev–Trinajstić information content (AvgIpc) is 2.40. The second-order valence-corrected chi connectivity index (χ2v) is 5.43. The van der Waals surface area contributed by atoms with Gasteiger partial charge in [-0.15, -0.1) is 0 Å². The van der Waals surface area contributed by atoms with Crippen molar-refractivity contribution >= 4 is 22.6 Å². The molecule has 2 rings (SSSR count). The van der Waals surface area contributed by atoms with Gasteiger partial charge < -0.3 is 5.32 Å². The maximum atomic E-state index is 13.7. The molecule has 1 N–H and O–H groups in total. The molecule has 0 aliphatic rings. The fraction of sp³-hybridized carbons (Fsp3) is 0.200. The molecule has 2 aromatic rings. The molecular formula is C15H14F2IN. The van der Waals surface area contributed by atoms with Gasteiger partial charge in [0.1, 0.15) is 11.6 Å². The minimum Gasteiger partial charge on any atom is -0.313 e. The van der Waals surface area contributed by atoms with Crippen molar-refractivity contribution in [2.45, 2.75) is 12.5 Å². The zero-order valence-electron chi connectivity index (χ0n) is 10.5. The highest BCUT2D eigenvalue weighted by atomic mass is 127. The molecule has 0 spiro atoms. The SMILES string of the molecule is CNC(Cc1c(F)cccc1F)c1ccccc1I. The van der Waals surface area contributed by atoms with E-state index in [1.807, 2.05) is 24.3 Å². The summed E-state index contributed by atoms with van der Waals surface area (Å²) in [6, 6.07) is 11.7. The number of benzene rings is 2. The Morgan fingerprint density at radius 1 is 1.05 bits per heavy atom. The first-order valence-corrected chi connectivity index (χ1v) is 7.06. The summed E-state index contributed by atoms with van der Waals surface area (Å²) in [5.41, 5.74) is 1.18. The van der Waals surface area contributed by atoms with Crippen LogP contribution in [0.2, 0.25) is 0 Å². The Hall–Kier alpha value is -1.01. The van der Waals surface area contributed by atoms with Gasteiger partial charge in [0.15, 0.2) is 0 Å². The standard InChI is InChI=1S/C15H14F2IN/c1-19-15(10-5-2-3-8-14(10)18)9-11-12(16)6-4-7-13(11)17/h2-8,15,19H,9H2,1H3. The van der Waals surface area contributed by atoms with E-state index in [9.17, 15) is 8.78 Å². The summed E-state index contributed by atoms with van der Waals surface area (Å²) in [5.74, 6) is -0.989. The summed E-state index contributed by atoms with van der Waals surface area (Å²) in [4.78, 5) is 0. The van der Waals surface area contributed by atoms with Crippen molar-refractivity contribution < 1.29 is 8.78 Å². The van der Waals surface area contributed by atoms with Crippen LogP contribution in [0.1, 0.15) is 17.2 Å². The molecule has 0 saturated carbocycles. The molecule has 0 aliphatic carbocycles. The van der Waals surface area contributed by atoms with Gasteiger partial charge in [0.05, 0.1) is 0 Å². The van der Waals surface area contributed by atoms with Crippen LogP contribution in [0.15, 0.2) is 42.5 Å². The lowest BCUT2D eigenvalue weighted by Crippen LogP contribution is -2.21. The Morgan fingerprint density at radius 3 is 2.26 bits per heavy atom. The first-order chi connectivity index (χ1) is 9.13. The van der Waals surface area contributed by atoms with Gasteiger partial charge in [-0.1, -0.05) is 24.3 Å². The van der Waals surface area contributed by atoms with E-state index in [0.717, 1.165) is 9.13 Å². The van der Waals surface area contributed by atoms with Crippen LogP contribution >= 0.6 is 22.6 Å². The number of likely N-dealkylation sites (N-methyl/N-ethyl adjacent to an activating group) is 1. The van der Waals surface area contributed by atoms with Gasteiger partial charge in [0.25, 0.3) is 0 Å². The van der Waals surface area contributed by atoms with E-state index >= 15 is 0 Å².